The molecule has 0 spiro atoms. The molecule has 1 aromatic rings. The van der Waals surface area contributed by atoms with E-state index in [1.165, 1.54) is 30.5 Å². The van der Waals surface area contributed by atoms with Gasteiger partial charge in [-0.3, -0.25) is 9.88 Å². The minimum Gasteiger partial charge on any atom is -0.324 e. The van der Waals surface area contributed by atoms with Crippen LogP contribution in [0.2, 0.25) is 0 Å². The maximum absolute atomic E-state index is 6.04. The summed E-state index contributed by atoms with van der Waals surface area (Å²) < 4.78 is 0. The lowest BCUT2D eigenvalue weighted by atomic mass is 10.0. The van der Waals surface area contributed by atoms with Crippen molar-refractivity contribution in [3.8, 4) is 0 Å². The Kier molecular flexibility index (Phi) is 3.56. The third-order valence-corrected chi connectivity index (χ3v) is 3.55. The molecule has 1 unspecified atom stereocenters. The number of hydrogen-bond donors (Lipinski definition) is 1. The highest BCUT2D eigenvalue weighted by Crippen LogP contribution is 2.30. The van der Waals surface area contributed by atoms with Gasteiger partial charge in [0.1, 0.15) is 0 Å². The number of hydrogen-bond acceptors (Lipinski definition) is 3. The van der Waals surface area contributed by atoms with Crippen LogP contribution in [0, 0.1) is 0 Å². The van der Waals surface area contributed by atoms with Gasteiger partial charge in [0.05, 0.1) is 0 Å². The van der Waals surface area contributed by atoms with E-state index >= 15 is 0 Å². The Morgan fingerprint density at radius 2 is 2.38 bits per heavy atom. The molecule has 3 nitrogen and oxygen atoms in total. The molecule has 0 radical (unpaired) electrons. The van der Waals surface area contributed by atoms with Crippen molar-refractivity contribution in [3.05, 3.63) is 29.6 Å². The highest BCUT2D eigenvalue weighted by molar-refractivity contribution is 5.24. The van der Waals surface area contributed by atoms with Crippen LogP contribution in [0.4, 0.5) is 0 Å². The molecule has 2 N–H and O–H groups in total. The Balaban J connectivity index is 2.21. The average Bonchev–Trinajstić information content (AvgIpc) is 2.74. The topological polar surface area (TPSA) is 42.1 Å². The van der Waals surface area contributed by atoms with Crippen molar-refractivity contribution in [2.24, 2.45) is 5.73 Å². The molecule has 0 amide bonds. The van der Waals surface area contributed by atoms with Crippen LogP contribution in [0.15, 0.2) is 18.5 Å². The predicted molar refractivity (Wildman–Crippen MR) is 66.1 cm³/mol. The zero-order chi connectivity index (χ0) is 11.5. The van der Waals surface area contributed by atoms with Crippen LogP contribution >= 0.6 is 0 Å². The number of likely N-dealkylation sites (tertiary alicyclic amines) is 1. The average molecular weight is 219 g/mol. The molecule has 2 heterocycles. The van der Waals surface area contributed by atoms with Gasteiger partial charge in [-0.1, -0.05) is 6.92 Å². The highest BCUT2D eigenvalue weighted by Gasteiger charge is 2.23. The summed E-state index contributed by atoms with van der Waals surface area (Å²) in [6.07, 6.45) is 7.37. The summed E-state index contributed by atoms with van der Waals surface area (Å²) in [7, 11) is 2.18. The highest BCUT2D eigenvalue weighted by atomic mass is 15.1. The minimum atomic E-state index is 0.124. The molecule has 2 rings (SSSR count). The number of rotatable bonds is 3. The molecular weight excluding hydrogens is 198 g/mol. The summed E-state index contributed by atoms with van der Waals surface area (Å²) in [5.74, 6) is 0. The summed E-state index contributed by atoms with van der Waals surface area (Å²) in [5.41, 5.74) is 8.53. The normalized spacial score (nSPS) is 23.6. The number of aromatic nitrogens is 1. The van der Waals surface area contributed by atoms with Crippen LogP contribution in [0.25, 0.3) is 0 Å². The van der Waals surface area contributed by atoms with Crippen molar-refractivity contribution in [1.29, 1.82) is 0 Å². The van der Waals surface area contributed by atoms with Crippen molar-refractivity contribution in [2.75, 3.05) is 13.6 Å². The van der Waals surface area contributed by atoms with Crippen LogP contribution in [0.1, 0.15) is 49.4 Å². The zero-order valence-corrected chi connectivity index (χ0v) is 10.2. The minimum absolute atomic E-state index is 0.124. The van der Waals surface area contributed by atoms with E-state index in [1.54, 1.807) is 0 Å². The molecule has 2 atom stereocenters. The lowest BCUT2D eigenvalue weighted by Gasteiger charge is -2.20. The fraction of sp³-hybridized carbons (Fsp3) is 0.615. The smallest absolute Gasteiger partial charge is 0.0360 e. The van der Waals surface area contributed by atoms with E-state index in [0.29, 0.717) is 6.04 Å². The molecule has 0 saturated carbocycles. The summed E-state index contributed by atoms with van der Waals surface area (Å²) in [6.45, 7) is 3.30. The van der Waals surface area contributed by atoms with Crippen LogP contribution in [0.3, 0.4) is 0 Å². The fourth-order valence-corrected chi connectivity index (χ4v) is 2.43. The van der Waals surface area contributed by atoms with Gasteiger partial charge in [0.25, 0.3) is 0 Å². The van der Waals surface area contributed by atoms with Gasteiger partial charge in [-0.25, -0.2) is 0 Å². The largest absolute Gasteiger partial charge is 0.324 e. The van der Waals surface area contributed by atoms with Crippen LogP contribution in [-0.4, -0.2) is 23.5 Å². The van der Waals surface area contributed by atoms with Crippen LogP contribution in [-0.2, 0) is 0 Å². The van der Waals surface area contributed by atoms with Gasteiger partial charge in [0.2, 0.25) is 0 Å². The number of pyridine rings is 1. The molecule has 1 fully saturated rings. The first kappa shape index (κ1) is 11.6. The first-order chi connectivity index (χ1) is 7.72. The second-order valence-corrected chi connectivity index (χ2v) is 4.70. The third kappa shape index (κ3) is 2.25. The summed E-state index contributed by atoms with van der Waals surface area (Å²) in [5, 5.41) is 0. The molecule has 88 valence electrons. The molecule has 0 bridgehead atoms. The van der Waals surface area contributed by atoms with Crippen LogP contribution < -0.4 is 5.73 Å². The Hall–Kier alpha value is -0.930. The van der Waals surface area contributed by atoms with Gasteiger partial charge in [-0.05, 0) is 50.0 Å². The first-order valence-corrected chi connectivity index (χ1v) is 6.13. The number of nitrogens with two attached hydrogens (primary N) is 1. The Morgan fingerprint density at radius 1 is 1.56 bits per heavy atom. The molecule has 1 aliphatic heterocycles. The second-order valence-electron chi connectivity index (χ2n) is 4.70. The van der Waals surface area contributed by atoms with Crippen molar-refractivity contribution >= 4 is 0 Å². The number of nitrogens with zero attached hydrogens (tertiary/aromatic N) is 2. The monoisotopic (exact) mass is 219 g/mol. The van der Waals surface area contributed by atoms with Crippen molar-refractivity contribution in [1.82, 2.24) is 9.88 Å². The van der Waals surface area contributed by atoms with Gasteiger partial charge >= 0.3 is 0 Å². The van der Waals surface area contributed by atoms with Crippen LogP contribution in [0.5, 0.6) is 0 Å². The van der Waals surface area contributed by atoms with E-state index in [0.717, 1.165) is 6.42 Å². The standard InChI is InChI=1S/C13H21N3/c1-3-12(14)10-7-11(9-15-8-10)13-5-4-6-16(13)2/h7-9,12-13H,3-6,14H2,1-2H3/t12?,13-/m1/s1. The molecule has 3 heteroatoms. The third-order valence-electron chi connectivity index (χ3n) is 3.55. The first-order valence-electron chi connectivity index (χ1n) is 6.13. The maximum atomic E-state index is 6.04. The van der Waals surface area contributed by atoms with Gasteiger partial charge < -0.3 is 5.73 Å². The molecule has 0 aromatic carbocycles. The fourth-order valence-electron chi connectivity index (χ4n) is 2.43. The molecule has 1 saturated heterocycles. The van der Waals surface area contributed by atoms with E-state index < -0.39 is 0 Å². The SMILES string of the molecule is CCC(N)c1cncc([C@H]2CCCN2C)c1. The molecule has 1 aromatic heterocycles. The van der Waals surface area contributed by atoms with E-state index in [2.05, 4.69) is 29.9 Å². The van der Waals surface area contributed by atoms with E-state index in [9.17, 15) is 0 Å². The van der Waals surface area contributed by atoms with E-state index in [4.69, 9.17) is 5.73 Å². The molecular formula is C13H21N3. The lowest BCUT2D eigenvalue weighted by Crippen LogP contribution is -2.18. The maximum Gasteiger partial charge on any atom is 0.0360 e. The summed E-state index contributed by atoms with van der Waals surface area (Å²) in [4.78, 5) is 6.73. The van der Waals surface area contributed by atoms with E-state index in [-0.39, 0.29) is 6.04 Å². The van der Waals surface area contributed by atoms with Crippen molar-refractivity contribution in [3.63, 3.8) is 0 Å². The Morgan fingerprint density at radius 3 is 3.00 bits per heavy atom. The zero-order valence-electron chi connectivity index (χ0n) is 10.2. The molecule has 1 aliphatic rings. The van der Waals surface area contributed by atoms with Gasteiger partial charge in [0, 0.05) is 24.5 Å². The van der Waals surface area contributed by atoms with Crippen molar-refractivity contribution in [2.45, 2.75) is 38.3 Å². The second kappa shape index (κ2) is 4.93. The summed E-state index contributed by atoms with van der Waals surface area (Å²) in [6, 6.07) is 2.89. The summed E-state index contributed by atoms with van der Waals surface area (Å²) >= 11 is 0. The Labute approximate surface area is 97.7 Å². The van der Waals surface area contributed by atoms with Gasteiger partial charge in [0.15, 0.2) is 0 Å². The lowest BCUT2D eigenvalue weighted by molar-refractivity contribution is 0.316. The predicted octanol–water partition coefficient (Wildman–Crippen LogP) is 2.26. The van der Waals surface area contributed by atoms with Gasteiger partial charge in [-0.2, -0.15) is 0 Å². The van der Waals surface area contributed by atoms with Gasteiger partial charge in [-0.15, -0.1) is 0 Å². The Bertz CT molecular complexity index is 351. The van der Waals surface area contributed by atoms with Crippen molar-refractivity contribution < 1.29 is 0 Å². The quantitative estimate of drug-likeness (QED) is 0.848. The molecule has 0 aliphatic carbocycles. The van der Waals surface area contributed by atoms with E-state index in [1.807, 2.05) is 12.4 Å². The molecule has 16 heavy (non-hydrogen) atoms.